The molecule has 0 saturated heterocycles. The zero-order valence-electron chi connectivity index (χ0n) is 11.4. The van der Waals surface area contributed by atoms with Crippen molar-refractivity contribution in [2.24, 2.45) is 0 Å². The zero-order chi connectivity index (χ0) is 13.9. The van der Waals surface area contributed by atoms with Crippen LogP contribution in [0.4, 0.5) is 5.82 Å². The van der Waals surface area contributed by atoms with Gasteiger partial charge in [-0.05, 0) is 36.1 Å². The fourth-order valence-electron chi connectivity index (χ4n) is 2.39. The molecule has 1 aromatic carbocycles. The first-order valence-electron chi connectivity index (χ1n) is 6.76. The van der Waals surface area contributed by atoms with Crippen LogP contribution in [0.15, 0.2) is 42.6 Å². The van der Waals surface area contributed by atoms with Crippen LogP contribution >= 0.6 is 0 Å². The average molecular weight is 267 g/mol. The van der Waals surface area contributed by atoms with Gasteiger partial charge in [-0.1, -0.05) is 30.3 Å². The maximum atomic E-state index is 12.2. The summed E-state index contributed by atoms with van der Waals surface area (Å²) >= 11 is 0. The van der Waals surface area contributed by atoms with E-state index in [0.29, 0.717) is 12.2 Å². The number of aromatic nitrogens is 1. The maximum absolute atomic E-state index is 12.2. The first-order valence-corrected chi connectivity index (χ1v) is 6.76. The lowest BCUT2D eigenvalue weighted by atomic mass is 9.95. The average Bonchev–Trinajstić information content (AvgIpc) is 2.49. The minimum Gasteiger partial charge on any atom is -0.309 e. The predicted molar refractivity (Wildman–Crippen MR) is 78.4 cm³/mol. The molecule has 0 fully saturated rings. The van der Waals surface area contributed by atoms with Gasteiger partial charge in [-0.25, -0.2) is 4.98 Å². The molecule has 0 spiro atoms. The monoisotopic (exact) mass is 267 g/mol. The lowest BCUT2D eigenvalue weighted by Crippen LogP contribution is -2.44. The molecule has 1 unspecified atom stereocenters. The largest absolute Gasteiger partial charge is 0.309 e. The van der Waals surface area contributed by atoms with E-state index in [2.05, 4.69) is 27.8 Å². The fourth-order valence-corrected chi connectivity index (χ4v) is 2.39. The van der Waals surface area contributed by atoms with Gasteiger partial charge in [0.15, 0.2) is 0 Å². The van der Waals surface area contributed by atoms with E-state index in [1.807, 2.05) is 31.2 Å². The molecule has 4 nitrogen and oxygen atoms in total. The van der Waals surface area contributed by atoms with Crippen molar-refractivity contribution < 1.29 is 4.79 Å². The quantitative estimate of drug-likeness (QED) is 0.875. The molecule has 2 N–H and O–H groups in total. The van der Waals surface area contributed by atoms with Crippen LogP contribution in [0, 0.1) is 6.92 Å². The highest BCUT2D eigenvalue weighted by atomic mass is 16.2. The van der Waals surface area contributed by atoms with Gasteiger partial charge in [0.25, 0.3) is 0 Å². The molecule has 1 atom stereocenters. The van der Waals surface area contributed by atoms with E-state index in [1.165, 1.54) is 11.1 Å². The molecule has 0 aliphatic carbocycles. The van der Waals surface area contributed by atoms with Gasteiger partial charge in [0.1, 0.15) is 5.82 Å². The highest BCUT2D eigenvalue weighted by Crippen LogP contribution is 2.17. The number of hydrogen-bond donors (Lipinski definition) is 2. The number of fused-ring (bicyclic) bond motifs is 1. The fraction of sp³-hybridized carbons (Fsp3) is 0.250. The van der Waals surface area contributed by atoms with E-state index >= 15 is 0 Å². The second kappa shape index (κ2) is 5.43. The Hall–Kier alpha value is -2.20. The summed E-state index contributed by atoms with van der Waals surface area (Å²) in [5.41, 5.74) is 3.58. The van der Waals surface area contributed by atoms with Gasteiger partial charge in [0.05, 0.1) is 6.04 Å². The third-order valence-corrected chi connectivity index (χ3v) is 3.56. The van der Waals surface area contributed by atoms with Crippen LogP contribution in [-0.2, 0) is 17.8 Å². The molecule has 1 aliphatic heterocycles. The first kappa shape index (κ1) is 12.8. The number of amides is 1. The molecule has 1 amide bonds. The summed E-state index contributed by atoms with van der Waals surface area (Å²) in [6, 6.07) is 11.8. The highest BCUT2D eigenvalue weighted by Gasteiger charge is 2.23. The van der Waals surface area contributed by atoms with Crippen LogP contribution in [0.1, 0.15) is 16.7 Å². The number of rotatable bonds is 2. The van der Waals surface area contributed by atoms with E-state index in [4.69, 9.17) is 0 Å². The lowest BCUT2D eigenvalue weighted by Gasteiger charge is -2.25. The molecular weight excluding hydrogens is 250 g/mol. The summed E-state index contributed by atoms with van der Waals surface area (Å²) in [5.74, 6) is 0.567. The molecule has 0 radical (unpaired) electrons. The van der Waals surface area contributed by atoms with Gasteiger partial charge >= 0.3 is 0 Å². The molecule has 102 valence electrons. The minimum absolute atomic E-state index is 0.0316. The predicted octanol–water partition coefficient (Wildman–Crippen LogP) is 2.04. The summed E-state index contributed by atoms with van der Waals surface area (Å²) in [7, 11) is 0. The smallest absolute Gasteiger partial charge is 0.243 e. The Kier molecular flexibility index (Phi) is 3.48. The topological polar surface area (TPSA) is 54.0 Å². The number of nitrogens with zero attached hydrogens (tertiary/aromatic N) is 1. The molecular formula is C16H17N3O. The Morgan fingerprint density at radius 2 is 2.05 bits per heavy atom. The van der Waals surface area contributed by atoms with E-state index in [1.54, 1.807) is 6.20 Å². The van der Waals surface area contributed by atoms with E-state index < -0.39 is 0 Å². The van der Waals surface area contributed by atoms with Crippen molar-refractivity contribution in [1.29, 1.82) is 0 Å². The van der Waals surface area contributed by atoms with Gasteiger partial charge in [0.2, 0.25) is 5.91 Å². The number of anilines is 1. The molecule has 1 aromatic heterocycles. The van der Waals surface area contributed by atoms with Crippen molar-refractivity contribution >= 4 is 11.7 Å². The second-order valence-electron chi connectivity index (χ2n) is 5.12. The van der Waals surface area contributed by atoms with Gasteiger partial charge in [-0.3, -0.25) is 4.79 Å². The standard InChI is InChI=1S/C16H17N3O/c1-11-6-7-15(18-9-11)19-16(20)14-8-12-4-2-3-5-13(12)10-17-14/h2-7,9,14,17H,8,10H2,1H3,(H,18,19,20). The van der Waals surface area contributed by atoms with Crippen molar-refractivity contribution in [3.63, 3.8) is 0 Å². The molecule has 1 aliphatic rings. The van der Waals surface area contributed by atoms with E-state index in [0.717, 1.165) is 12.1 Å². The second-order valence-corrected chi connectivity index (χ2v) is 5.12. The van der Waals surface area contributed by atoms with Crippen LogP contribution in [-0.4, -0.2) is 16.9 Å². The van der Waals surface area contributed by atoms with Gasteiger partial charge in [0, 0.05) is 12.7 Å². The Bertz CT molecular complexity index is 622. The van der Waals surface area contributed by atoms with Crippen molar-refractivity contribution in [2.45, 2.75) is 25.9 Å². The van der Waals surface area contributed by atoms with Gasteiger partial charge in [-0.15, -0.1) is 0 Å². The van der Waals surface area contributed by atoms with Crippen LogP contribution in [0.2, 0.25) is 0 Å². The van der Waals surface area contributed by atoms with Crippen LogP contribution in [0.25, 0.3) is 0 Å². The van der Waals surface area contributed by atoms with E-state index in [-0.39, 0.29) is 11.9 Å². The number of aryl methyl sites for hydroxylation is 1. The summed E-state index contributed by atoms with van der Waals surface area (Å²) < 4.78 is 0. The van der Waals surface area contributed by atoms with Crippen molar-refractivity contribution in [2.75, 3.05) is 5.32 Å². The van der Waals surface area contributed by atoms with Crippen LogP contribution in [0.3, 0.4) is 0 Å². The van der Waals surface area contributed by atoms with Crippen molar-refractivity contribution in [1.82, 2.24) is 10.3 Å². The molecule has 2 aromatic rings. The summed E-state index contributed by atoms with van der Waals surface area (Å²) in [6.45, 7) is 2.70. The molecule has 2 heterocycles. The van der Waals surface area contributed by atoms with Crippen LogP contribution in [0.5, 0.6) is 0 Å². The number of benzene rings is 1. The molecule has 4 heteroatoms. The van der Waals surface area contributed by atoms with Crippen molar-refractivity contribution in [3.05, 3.63) is 59.3 Å². The molecule has 3 rings (SSSR count). The van der Waals surface area contributed by atoms with Crippen molar-refractivity contribution in [3.8, 4) is 0 Å². The zero-order valence-corrected chi connectivity index (χ0v) is 11.4. The van der Waals surface area contributed by atoms with E-state index in [9.17, 15) is 4.79 Å². The third kappa shape index (κ3) is 2.70. The number of hydrogen-bond acceptors (Lipinski definition) is 3. The number of pyridine rings is 1. The SMILES string of the molecule is Cc1ccc(NC(=O)C2Cc3ccccc3CN2)nc1. The lowest BCUT2D eigenvalue weighted by molar-refractivity contribution is -0.118. The number of nitrogens with one attached hydrogen (secondary N) is 2. The normalized spacial score (nSPS) is 17.4. The van der Waals surface area contributed by atoms with Gasteiger partial charge < -0.3 is 10.6 Å². The third-order valence-electron chi connectivity index (χ3n) is 3.56. The molecule has 20 heavy (non-hydrogen) atoms. The number of carbonyl (C=O) groups excluding carboxylic acids is 1. The van der Waals surface area contributed by atoms with Crippen LogP contribution < -0.4 is 10.6 Å². The van der Waals surface area contributed by atoms with Gasteiger partial charge in [-0.2, -0.15) is 0 Å². The minimum atomic E-state index is -0.201. The maximum Gasteiger partial charge on any atom is 0.243 e. The summed E-state index contributed by atoms with van der Waals surface area (Å²) in [4.78, 5) is 16.4. The highest BCUT2D eigenvalue weighted by molar-refractivity contribution is 5.94. The molecule has 0 bridgehead atoms. The Balaban J connectivity index is 1.68. The molecule has 0 saturated carbocycles. The Morgan fingerprint density at radius 3 is 2.80 bits per heavy atom. The number of carbonyl (C=O) groups is 1. The Labute approximate surface area is 118 Å². The Morgan fingerprint density at radius 1 is 1.25 bits per heavy atom. The summed E-state index contributed by atoms with van der Waals surface area (Å²) in [6.07, 6.45) is 2.47. The summed E-state index contributed by atoms with van der Waals surface area (Å²) in [5, 5.41) is 6.12. The first-order chi connectivity index (χ1) is 9.72.